The molecule has 9 nitrogen and oxygen atoms in total. The molecule has 3 aromatic rings. The number of sulfone groups is 1. The first-order chi connectivity index (χ1) is 18.1. The van der Waals surface area contributed by atoms with E-state index in [0.29, 0.717) is 31.1 Å². The van der Waals surface area contributed by atoms with Crippen LogP contribution in [0.4, 0.5) is 4.39 Å². The number of hydrazone groups is 1. The SMILES string of the molecule is COc1cc(/C=C2\CC3(CN4C2=NN(C)CC4c2ccc(F)cc2)CS(=O)(=O)C3)ccc1-n1cnc(C)n1. The number of ether oxygens (including phenoxy) is 1. The van der Waals surface area contributed by atoms with Gasteiger partial charge in [0.25, 0.3) is 0 Å². The van der Waals surface area contributed by atoms with Crippen molar-refractivity contribution in [3.63, 3.8) is 0 Å². The lowest BCUT2D eigenvalue weighted by Gasteiger charge is -2.53. The topological polar surface area (TPSA) is 92.9 Å². The molecule has 2 aromatic carbocycles. The Hall–Kier alpha value is -3.73. The second-order valence-corrected chi connectivity index (χ2v) is 12.6. The minimum absolute atomic E-state index is 0.0792. The minimum Gasteiger partial charge on any atom is -0.494 e. The quantitative estimate of drug-likeness (QED) is 0.506. The Labute approximate surface area is 221 Å². The molecule has 0 radical (unpaired) electrons. The lowest BCUT2D eigenvalue weighted by atomic mass is 9.78. The molecule has 2 saturated heterocycles. The molecule has 3 aliphatic rings. The van der Waals surface area contributed by atoms with Gasteiger partial charge in [0.05, 0.1) is 31.2 Å². The molecule has 0 aliphatic carbocycles. The summed E-state index contributed by atoms with van der Waals surface area (Å²) in [4.78, 5) is 6.41. The highest BCUT2D eigenvalue weighted by atomic mass is 32.2. The van der Waals surface area contributed by atoms with E-state index in [1.54, 1.807) is 30.3 Å². The zero-order valence-corrected chi connectivity index (χ0v) is 22.3. The van der Waals surface area contributed by atoms with Gasteiger partial charge in [0.2, 0.25) is 0 Å². The number of methoxy groups -OCH3 is 1. The monoisotopic (exact) mass is 536 g/mol. The molecule has 38 heavy (non-hydrogen) atoms. The van der Waals surface area contributed by atoms with E-state index in [1.807, 2.05) is 37.2 Å². The third-order valence-corrected chi connectivity index (χ3v) is 9.52. The average molecular weight is 537 g/mol. The molecule has 1 unspecified atom stereocenters. The molecule has 4 heterocycles. The minimum atomic E-state index is -3.06. The van der Waals surface area contributed by atoms with Crippen LogP contribution in [0, 0.1) is 18.2 Å². The van der Waals surface area contributed by atoms with E-state index in [2.05, 4.69) is 21.1 Å². The number of piperidine rings is 1. The highest BCUT2D eigenvalue weighted by Gasteiger charge is 2.54. The predicted octanol–water partition coefficient (Wildman–Crippen LogP) is 3.23. The summed E-state index contributed by atoms with van der Waals surface area (Å²) in [6.07, 6.45) is 4.32. The van der Waals surface area contributed by atoms with Crippen molar-refractivity contribution < 1.29 is 17.5 Å². The summed E-state index contributed by atoms with van der Waals surface area (Å²) < 4.78 is 45.7. The van der Waals surface area contributed by atoms with Crippen LogP contribution in [0.2, 0.25) is 0 Å². The molecule has 11 heteroatoms. The molecule has 1 aromatic heterocycles. The maximum atomic E-state index is 13.7. The number of rotatable bonds is 4. The lowest BCUT2D eigenvalue weighted by molar-refractivity contribution is 0.127. The van der Waals surface area contributed by atoms with Crippen molar-refractivity contribution in [2.45, 2.75) is 19.4 Å². The summed E-state index contributed by atoms with van der Waals surface area (Å²) in [5.74, 6) is 2.15. The summed E-state index contributed by atoms with van der Waals surface area (Å²) in [6.45, 7) is 3.03. The molecule has 198 valence electrons. The standard InChI is InChI=1S/C27H29FN6O3S/c1-18-29-17-34(30-18)23-9-4-19(11-25(23)37-3)10-21-12-27(15-38(35,36)16-27)14-33-24(13-32(2)31-26(21)33)20-5-7-22(28)8-6-20/h4-11,17,24H,12-16H2,1-3H3/b21-10+. The van der Waals surface area contributed by atoms with Crippen molar-refractivity contribution >= 4 is 21.7 Å². The number of aromatic nitrogens is 3. The fourth-order valence-corrected chi connectivity index (χ4v) is 8.06. The number of nitrogens with zero attached hydrogens (tertiary/aromatic N) is 6. The first-order valence-corrected chi connectivity index (χ1v) is 14.3. The Morgan fingerprint density at radius 3 is 2.58 bits per heavy atom. The number of benzene rings is 2. The summed E-state index contributed by atoms with van der Waals surface area (Å²) >= 11 is 0. The molecule has 6 rings (SSSR count). The van der Waals surface area contributed by atoms with Crippen LogP contribution in [0.15, 0.2) is 59.5 Å². The first-order valence-electron chi connectivity index (χ1n) is 12.4. The van der Waals surface area contributed by atoms with Crippen LogP contribution >= 0.6 is 0 Å². The number of aryl methyl sites for hydroxylation is 1. The van der Waals surface area contributed by atoms with Gasteiger partial charge in [-0.3, -0.25) is 5.01 Å². The van der Waals surface area contributed by atoms with Gasteiger partial charge in [-0.2, -0.15) is 10.2 Å². The van der Waals surface area contributed by atoms with Crippen LogP contribution in [0.1, 0.15) is 29.4 Å². The Morgan fingerprint density at radius 2 is 1.92 bits per heavy atom. The number of halogens is 1. The molecular weight excluding hydrogens is 507 g/mol. The number of amidine groups is 1. The zero-order chi connectivity index (χ0) is 26.7. The van der Waals surface area contributed by atoms with E-state index in [9.17, 15) is 12.8 Å². The normalized spacial score (nSPS) is 22.7. The Kier molecular flexibility index (Phi) is 5.78. The van der Waals surface area contributed by atoms with Crippen molar-refractivity contribution in [2.75, 3.05) is 38.8 Å². The summed E-state index contributed by atoms with van der Waals surface area (Å²) in [5.41, 5.74) is 3.24. The van der Waals surface area contributed by atoms with Gasteiger partial charge in [0.1, 0.15) is 29.4 Å². The molecule has 1 spiro atoms. The number of hydrogen-bond donors (Lipinski definition) is 0. The number of fused-ring (bicyclic) bond motifs is 1. The third kappa shape index (κ3) is 4.44. The zero-order valence-electron chi connectivity index (χ0n) is 21.5. The van der Waals surface area contributed by atoms with Gasteiger partial charge >= 0.3 is 0 Å². The fourth-order valence-electron chi connectivity index (χ4n) is 5.90. The van der Waals surface area contributed by atoms with Crippen molar-refractivity contribution in [1.82, 2.24) is 24.7 Å². The Balaban J connectivity index is 1.42. The maximum absolute atomic E-state index is 13.7. The van der Waals surface area contributed by atoms with Crippen LogP contribution in [0.25, 0.3) is 11.8 Å². The molecule has 0 saturated carbocycles. The van der Waals surface area contributed by atoms with E-state index in [0.717, 1.165) is 28.2 Å². The number of likely N-dealkylation sites (N-methyl/N-ethyl adjacent to an activating group) is 1. The maximum Gasteiger partial charge on any atom is 0.152 e. The average Bonchev–Trinajstić information content (AvgIpc) is 3.29. The van der Waals surface area contributed by atoms with E-state index >= 15 is 0 Å². The highest BCUT2D eigenvalue weighted by molar-refractivity contribution is 7.92. The lowest BCUT2D eigenvalue weighted by Crippen LogP contribution is -2.62. The molecule has 2 fully saturated rings. The van der Waals surface area contributed by atoms with Crippen LogP contribution in [-0.4, -0.2) is 77.7 Å². The van der Waals surface area contributed by atoms with Gasteiger partial charge in [0, 0.05) is 19.0 Å². The fraction of sp³-hybridized carbons (Fsp3) is 0.370. The summed E-state index contributed by atoms with van der Waals surface area (Å²) in [7, 11) is 0.483. The van der Waals surface area contributed by atoms with E-state index in [-0.39, 0.29) is 28.8 Å². The van der Waals surface area contributed by atoms with Crippen molar-refractivity contribution in [2.24, 2.45) is 10.5 Å². The van der Waals surface area contributed by atoms with Gasteiger partial charge in [0.15, 0.2) is 15.7 Å². The van der Waals surface area contributed by atoms with Crippen molar-refractivity contribution in [3.8, 4) is 11.4 Å². The first kappa shape index (κ1) is 24.6. The Morgan fingerprint density at radius 1 is 1.16 bits per heavy atom. The molecule has 1 atom stereocenters. The van der Waals surface area contributed by atoms with Gasteiger partial charge in [-0.25, -0.2) is 22.5 Å². The van der Waals surface area contributed by atoms with Crippen LogP contribution in [0.3, 0.4) is 0 Å². The van der Waals surface area contributed by atoms with Gasteiger partial charge < -0.3 is 9.64 Å². The second-order valence-electron chi connectivity index (χ2n) is 10.5. The molecule has 0 N–H and O–H groups in total. The van der Waals surface area contributed by atoms with E-state index < -0.39 is 9.84 Å². The second kappa shape index (κ2) is 8.93. The van der Waals surface area contributed by atoms with Crippen LogP contribution < -0.4 is 4.74 Å². The Bertz CT molecular complexity index is 1550. The molecule has 0 bridgehead atoms. The van der Waals surface area contributed by atoms with Crippen molar-refractivity contribution in [3.05, 3.63) is 77.1 Å². The highest BCUT2D eigenvalue weighted by Crippen LogP contribution is 2.47. The summed E-state index contributed by atoms with van der Waals surface area (Å²) in [6, 6.07) is 12.3. The predicted molar refractivity (Wildman–Crippen MR) is 142 cm³/mol. The molecular formula is C27H29FN6O3S. The molecule has 3 aliphatic heterocycles. The smallest absolute Gasteiger partial charge is 0.152 e. The van der Waals surface area contributed by atoms with Gasteiger partial charge in [-0.15, -0.1) is 0 Å². The third-order valence-electron chi connectivity index (χ3n) is 7.41. The number of hydrogen-bond acceptors (Lipinski definition) is 8. The van der Waals surface area contributed by atoms with E-state index in [1.165, 1.54) is 12.1 Å². The van der Waals surface area contributed by atoms with Crippen LogP contribution in [-0.2, 0) is 9.84 Å². The van der Waals surface area contributed by atoms with Gasteiger partial charge in [-0.05, 0) is 60.4 Å². The largest absolute Gasteiger partial charge is 0.494 e. The van der Waals surface area contributed by atoms with Gasteiger partial charge in [-0.1, -0.05) is 18.2 Å². The van der Waals surface area contributed by atoms with Crippen LogP contribution in [0.5, 0.6) is 5.75 Å². The van der Waals surface area contributed by atoms with E-state index in [4.69, 9.17) is 9.84 Å². The van der Waals surface area contributed by atoms with Crippen molar-refractivity contribution in [1.29, 1.82) is 0 Å². The summed E-state index contributed by atoms with van der Waals surface area (Å²) in [5, 5.41) is 11.2. The molecule has 0 amide bonds.